The number of rotatable bonds is 8. The van der Waals surface area contributed by atoms with Gasteiger partial charge < -0.3 is 69.0 Å². The number of aliphatic hydroxyl groups is 2. The Morgan fingerprint density at radius 2 is 1.58 bits per heavy atom. The number of aromatic nitrogens is 2. The number of Topliss-reactive ketones (excluding diaryl/α,β-unsaturated/α-hetero) is 3. The van der Waals surface area contributed by atoms with Crippen molar-refractivity contribution in [3.05, 3.63) is 110 Å². The first kappa shape index (κ1) is 54.7. The Bertz CT molecular complexity index is 2950. The number of amides is 1. The molecule has 1 unspecified atom stereocenters. The van der Waals surface area contributed by atoms with E-state index >= 15 is 4.79 Å². The molecule has 1 amide bonds. The summed E-state index contributed by atoms with van der Waals surface area (Å²) in [7, 11) is 1.42. The summed E-state index contributed by atoms with van der Waals surface area (Å²) in [4.78, 5) is 89.7. The van der Waals surface area contributed by atoms with Crippen LogP contribution in [0.4, 0.5) is 11.5 Å². The molecular formula is C54H64N6O16. The van der Waals surface area contributed by atoms with Crippen LogP contribution in [0.15, 0.2) is 78.0 Å². The molecule has 76 heavy (non-hydrogen) atoms. The van der Waals surface area contributed by atoms with Crippen molar-refractivity contribution in [2.45, 2.75) is 105 Å². The van der Waals surface area contributed by atoms with Crippen molar-refractivity contribution in [2.24, 2.45) is 23.7 Å². The fraction of sp³-hybridized carbons (Fsp3) is 0.481. The third-order valence-corrected chi connectivity index (χ3v) is 15.0. The highest BCUT2D eigenvalue weighted by molar-refractivity contribution is 6.32. The predicted octanol–water partition coefficient (Wildman–Crippen LogP) is 5.12. The zero-order valence-corrected chi connectivity index (χ0v) is 44.0. The van der Waals surface area contributed by atoms with Gasteiger partial charge in [0.25, 0.3) is 11.7 Å². The number of ether oxygens (including phenoxy) is 6. The molecule has 4 N–H and O–H groups in total. The molecule has 0 radical (unpaired) electrons. The van der Waals surface area contributed by atoms with Crippen LogP contribution in [-0.4, -0.2) is 140 Å². The molecule has 6 aliphatic rings. The van der Waals surface area contributed by atoms with Crippen LogP contribution in [0, 0.1) is 40.7 Å². The van der Waals surface area contributed by atoms with E-state index in [-0.39, 0.29) is 59.7 Å². The van der Waals surface area contributed by atoms with Gasteiger partial charge in [0.15, 0.2) is 5.60 Å². The minimum Gasteiger partial charge on any atom is -0.507 e. The number of anilines is 1. The lowest BCUT2D eigenvalue weighted by atomic mass is 9.78. The number of hydrogen-bond donors (Lipinski definition) is 4. The van der Waals surface area contributed by atoms with Crippen LogP contribution in [0.25, 0.3) is 0 Å². The van der Waals surface area contributed by atoms with Gasteiger partial charge >= 0.3 is 23.6 Å². The number of aromatic hydroxyl groups is 1. The maximum Gasteiger partial charge on any atom is 0.415 e. The van der Waals surface area contributed by atoms with Crippen LogP contribution in [-0.2, 0) is 30.3 Å². The molecule has 1 fully saturated rings. The number of carbonyl (C=O) groups is 5. The number of ketones is 3. The van der Waals surface area contributed by atoms with Crippen LogP contribution >= 0.6 is 0 Å². The van der Waals surface area contributed by atoms with Crippen molar-refractivity contribution in [1.29, 1.82) is 0 Å². The Hall–Kier alpha value is -7.56. The number of phenolic OH excluding ortho intramolecular Hbond substituents is 1. The van der Waals surface area contributed by atoms with Crippen molar-refractivity contribution in [3.63, 3.8) is 0 Å². The van der Waals surface area contributed by atoms with E-state index in [9.17, 15) is 44.6 Å². The van der Waals surface area contributed by atoms with Gasteiger partial charge in [-0.05, 0) is 56.0 Å². The topological polar surface area (TPSA) is 281 Å². The Balaban J connectivity index is 1.09. The number of hydrogen-bond acceptors (Lipinski definition) is 19. The number of benzene rings is 2. The third-order valence-electron chi connectivity index (χ3n) is 15.0. The fourth-order valence-corrected chi connectivity index (χ4v) is 10.5. The molecule has 1 saturated heterocycles. The number of allylic oxidation sites excluding steroid dienone is 4. The number of nitro groups is 1. The molecule has 22 heteroatoms. The maximum absolute atomic E-state index is 15.3. The van der Waals surface area contributed by atoms with Crippen LogP contribution in [0.5, 0.6) is 23.3 Å². The van der Waals surface area contributed by atoms with Crippen molar-refractivity contribution >= 4 is 40.7 Å². The summed E-state index contributed by atoms with van der Waals surface area (Å²) < 4.78 is 37.3. The third kappa shape index (κ3) is 10.3. The number of aliphatic hydroxyl groups excluding tert-OH is 2. The van der Waals surface area contributed by atoms with E-state index < -0.39 is 116 Å². The summed E-state index contributed by atoms with van der Waals surface area (Å²) in [5.41, 5.74) is -1.72. The van der Waals surface area contributed by atoms with Crippen molar-refractivity contribution < 1.29 is 72.6 Å². The van der Waals surface area contributed by atoms with E-state index in [1.54, 1.807) is 61.4 Å². The zero-order chi connectivity index (χ0) is 55.3. The molecule has 10 atom stereocenters. The van der Waals surface area contributed by atoms with Crippen molar-refractivity contribution in [3.8, 4) is 23.3 Å². The van der Waals surface area contributed by atoms with E-state index in [4.69, 9.17) is 28.4 Å². The van der Waals surface area contributed by atoms with E-state index in [0.717, 1.165) is 5.69 Å². The van der Waals surface area contributed by atoms with Gasteiger partial charge in [-0.15, -0.1) is 0 Å². The molecule has 0 spiro atoms. The zero-order valence-electron chi connectivity index (χ0n) is 44.0. The Kier molecular flexibility index (Phi) is 15.3. The molecule has 1 aromatic heterocycles. The first-order chi connectivity index (χ1) is 35.9. The summed E-state index contributed by atoms with van der Waals surface area (Å²) in [5.74, 6) is -9.30. The first-order valence-corrected chi connectivity index (χ1v) is 25.1. The van der Waals surface area contributed by atoms with Gasteiger partial charge in [-0.2, -0.15) is 0 Å². The number of nitrogens with one attached hydrogen (secondary N) is 1. The lowest BCUT2D eigenvalue weighted by Crippen LogP contribution is -2.50. The summed E-state index contributed by atoms with van der Waals surface area (Å²) in [6.45, 7) is 15.6. The van der Waals surface area contributed by atoms with Gasteiger partial charge in [-0.3, -0.25) is 28.5 Å². The molecule has 5 bridgehead atoms. The van der Waals surface area contributed by atoms with Gasteiger partial charge in [0.2, 0.25) is 11.6 Å². The van der Waals surface area contributed by atoms with Gasteiger partial charge in [0.05, 0.1) is 47.8 Å². The fourth-order valence-electron chi connectivity index (χ4n) is 10.5. The number of imidazole rings is 1. The van der Waals surface area contributed by atoms with Crippen LogP contribution in [0.2, 0.25) is 0 Å². The summed E-state index contributed by atoms with van der Waals surface area (Å²) >= 11 is 0. The largest absolute Gasteiger partial charge is 0.507 e. The van der Waals surface area contributed by atoms with Gasteiger partial charge in [-0.1, -0.05) is 45.9 Å². The Labute approximate surface area is 438 Å². The second kappa shape index (κ2) is 21.2. The van der Waals surface area contributed by atoms with Gasteiger partial charge in [0, 0.05) is 92.6 Å². The molecule has 22 nitrogen and oxygen atoms in total. The minimum absolute atomic E-state index is 0.0294. The summed E-state index contributed by atoms with van der Waals surface area (Å²) in [5, 5.41) is 48.7. The molecule has 2 aromatic carbocycles. The second-order valence-electron chi connectivity index (χ2n) is 20.6. The molecule has 0 saturated carbocycles. The predicted molar refractivity (Wildman–Crippen MR) is 272 cm³/mol. The first-order valence-electron chi connectivity index (χ1n) is 25.1. The van der Waals surface area contributed by atoms with E-state index in [2.05, 4.69) is 15.2 Å². The van der Waals surface area contributed by atoms with E-state index in [1.165, 1.54) is 59.4 Å². The van der Waals surface area contributed by atoms with Crippen molar-refractivity contribution in [2.75, 3.05) is 44.8 Å². The molecule has 3 aromatic rings. The highest BCUT2D eigenvalue weighted by Crippen LogP contribution is 2.49. The van der Waals surface area contributed by atoms with Crippen LogP contribution in [0.3, 0.4) is 0 Å². The number of phenols is 1. The van der Waals surface area contributed by atoms with E-state index in [1.807, 2.05) is 19.1 Å². The second-order valence-corrected chi connectivity index (χ2v) is 20.6. The number of piperazine rings is 1. The smallest absolute Gasteiger partial charge is 0.415 e. The Morgan fingerprint density at radius 1 is 0.908 bits per heavy atom. The number of carbonyl (C=O) groups excluding carboxylic acids is 5. The molecular weight excluding hydrogens is 989 g/mol. The highest BCUT2D eigenvalue weighted by Gasteiger charge is 2.53. The standard InChI is InChI=1S/C54H64N6O16/c1-27-12-11-13-28(2)51(68)56-41-42(58-21-19-57(20-22-58)34-14-16-35(17-15-34)72-26-53(8)25-59-24-37(60(69)70)55-52(59)76-53)47(66)38-39(46(41)65)45(64)32(6)49-40(38)50(67)54(9,75-49)73-23-18-36(71-10)29(3)48(74-33(7)61)31(5)44(63)30(4)43(27)62/h11-18,23-24,27,29-31,36,43-44,48,62-64H,19-22,25-26H2,1-10H3,(H,56,68)/b12-11+,23-18+,28-13-/t27-,29+,30+,31+,36-,43-,44+,48+,53?,54-/m0/s1. The number of fused-ring (bicyclic) bond motifs is 15. The molecule has 6 heterocycles. The maximum atomic E-state index is 15.3. The van der Waals surface area contributed by atoms with Gasteiger partial charge in [0.1, 0.15) is 47.6 Å². The minimum atomic E-state index is -2.14. The van der Waals surface area contributed by atoms with Crippen molar-refractivity contribution in [1.82, 2.24) is 19.8 Å². The molecule has 406 valence electrons. The average molecular weight is 1050 g/mol. The van der Waals surface area contributed by atoms with E-state index in [0.29, 0.717) is 25.4 Å². The number of methoxy groups -OCH3 is 1. The van der Waals surface area contributed by atoms with Crippen LogP contribution in [0.1, 0.15) is 92.0 Å². The highest BCUT2D eigenvalue weighted by atomic mass is 16.7. The lowest BCUT2D eigenvalue weighted by molar-refractivity contribution is -0.389. The van der Waals surface area contributed by atoms with Gasteiger partial charge in [-0.25, -0.2) is 0 Å². The summed E-state index contributed by atoms with van der Waals surface area (Å²) in [6, 6.07) is 7.44. The SMILES string of the molecule is CO[C@H]1/C=C/O[C@@]2(C)Oc3c(C)c(O)c4c(c3C2=O)C(=O)C(N2CCN(c3ccc(OCC5(C)Cn6cc([N+](=O)[O-])nc6O5)cc3)CC2)=C(NC(=O)/C(C)=C\C=C\[C@H](C)[C@H](O)[C@@H](C)[C@@H](O)[C@@H](C)[C@H](OC(C)=O)[C@@H]1C)C4=O. The quantitative estimate of drug-likeness (QED) is 0.129. The molecule has 1 aliphatic carbocycles. The number of esters is 1. The monoisotopic (exact) mass is 1050 g/mol. The van der Waals surface area contributed by atoms with Crippen LogP contribution < -0.4 is 24.4 Å². The summed E-state index contributed by atoms with van der Waals surface area (Å²) in [6.07, 6.45) is 4.58. The number of nitrogens with zero attached hydrogens (tertiary/aromatic N) is 5. The lowest BCUT2D eigenvalue weighted by Gasteiger charge is -2.39. The molecule has 9 rings (SSSR count). The Morgan fingerprint density at radius 3 is 2.21 bits per heavy atom. The molecule has 5 aliphatic heterocycles. The normalized spacial score (nSPS) is 30.6. The average Bonchev–Trinajstić information content (AvgIpc) is 4.09.